The monoisotopic (exact) mass is 331 g/mol. The van der Waals surface area contributed by atoms with Crippen molar-refractivity contribution >= 4 is 17.7 Å². The third-order valence-electron chi connectivity index (χ3n) is 3.13. The molecule has 0 saturated carbocycles. The van der Waals surface area contributed by atoms with Crippen LogP contribution < -0.4 is 5.73 Å². The zero-order valence-corrected chi connectivity index (χ0v) is 13.3. The van der Waals surface area contributed by atoms with Gasteiger partial charge in [0.15, 0.2) is 5.09 Å². The fourth-order valence-corrected chi connectivity index (χ4v) is 2.59. The van der Waals surface area contributed by atoms with Crippen LogP contribution in [0.15, 0.2) is 44.4 Å². The van der Waals surface area contributed by atoms with E-state index in [2.05, 4.69) is 0 Å². The van der Waals surface area contributed by atoms with Gasteiger partial charge in [0.2, 0.25) is 5.88 Å². The maximum atomic E-state index is 12.3. The van der Waals surface area contributed by atoms with Crippen LogP contribution in [0.5, 0.6) is 0 Å². The molecular formula is C15H13N3O4S. The van der Waals surface area contributed by atoms with Gasteiger partial charge in [0.25, 0.3) is 0 Å². The first kappa shape index (κ1) is 16.5. The molecule has 0 aliphatic carbocycles. The molecule has 1 aliphatic rings. The quantitative estimate of drug-likeness (QED) is 0.507. The fourth-order valence-electron chi connectivity index (χ4n) is 2.23. The molecule has 1 aromatic heterocycles. The molecule has 0 aromatic carbocycles. The molecule has 0 radical (unpaired) electrons. The zero-order valence-electron chi connectivity index (χ0n) is 12.5. The van der Waals surface area contributed by atoms with Crippen molar-refractivity contribution in [3.63, 3.8) is 0 Å². The van der Waals surface area contributed by atoms with Crippen LogP contribution >= 0.6 is 11.8 Å². The lowest BCUT2D eigenvalue weighted by atomic mass is 9.87. The maximum absolute atomic E-state index is 12.3. The van der Waals surface area contributed by atoms with E-state index in [-0.39, 0.29) is 29.4 Å². The number of thioether (sulfide) groups is 1. The molecule has 0 bridgehead atoms. The highest BCUT2D eigenvalue weighted by molar-refractivity contribution is 8.03. The topological polar surface area (TPSA) is 122 Å². The normalized spacial score (nSPS) is 17.3. The molecule has 7 nitrogen and oxygen atoms in total. The summed E-state index contributed by atoms with van der Waals surface area (Å²) >= 11 is 0.836. The second kappa shape index (κ2) is 6.95. The Morgan fingerprint density at radius 2 is 2.22 bits per heavy atom. The van der Waals surface area contributed by atoms with E-state index in [0.717, 1.165) is 11.8 Å². The Morgan fingerprint density at radius 1 is 1.48 bits per heavy atom. The van der Waals surface area contributed by atoms with Crippen molar-refractivity contribution in [3.8, 4) is 11.5 Å². The van der Waals surface area contributed by atoms with Crippen LogP contribution in [0.4, 0.5) is 0 Å². The lowest BCUT2D eigenvalue weighted by Crippen LogP contribution is -2.25. The van der Waals surface area contributed by atoms with Crippen LogP contribution in [-0.2, 0) is 14.3 Å². The molecule has 1 aromatic rings. The summed E-state index contributed by atoms with van der Waals surface area (Å²) in [5.74, 6) is -0.972. The van der Waals surface area contributed by atoms with E-state index in [1.54, 1.807) is 26.0 Å². The summed E-state index contributed by atoms with van der Waals surface area (Å²) < 4.78 is 15.9. The first-order chi connectivity index (χ1) is 11.0. The Bertz CT molecular complexity index is 779. The van der Waals surface area contributed by atoms with E-state index in [9.17, 15) is 10.1 Å². The van der Waals surface area contributed by atoms with Crippen LogP contribution in [0.2, 0.25) is 0 Å². The Balaban J connectivity index is 2.54. The lowest BCUT2D eigenvalue weighted by Gasteiger charge is -2.25. The van der Waals surface area contributed by atoms with E-state index in [1.165, 1.54) is 0 Å². The molecule has 2 rings (SSSR count). The molecular weight excluding hydrogens is 318 g/mol. The summed E-state index contributed by atoms with van der Waals surface area (Å²) in [6, 6.07) is 5.12. The van der Waals surface area contributed by atoms with Gasteiger partial charge in [0.05, 0.1) is 18.1 Å². The average molecular weight is 331 g/mol. The summed E-state index contributed by atoms with van der Waals surface area (Å²) in [5.41, 5.74) is 5.97. The number of allylic oxidation sites excluding steroid dienone is 2. The third-order valence-corrected chi connectivity index (χ3v) is 3.65. The van der Waals surface area contributed by atoms with Crippen LogP contribution in [0, 0.1) is 22.0 Å². The van der Waals surface area contributed by atoms with Gasteiger partial charge >= 0.3 is 5.97 Å². The molecule has 0 unspecified atom stereocenters. The number of nitrogens with two attached hydrogens (primary N) is 1. The second-order valence-corrected chi connectivity index (χ2v) is 5.25. The van der Waals surface area contributed by atoms with Gasteiger partial charge < -0.3 is 19.6 Å². The molecule has 0 amide bonds. The number of rotatable bonds is 4. The third kappa shape index (κ3) is 3.17. The SMILES string of the molecule is CCOC(=O)C1=C(C)OC(N)=C(C#N)[C@@H]1c1ccc(SC#N)o1. The van der Waals surface area contributed by atoms with E-state index in [4.69, 9.17) is 24.9 Å². The lowest BCUT2D eigenvalue weighted by molar-refractivity contribution is -0.139. The van der Waals surface area contributed by atoms with Gasteiger partial charge in [-0.3, -0.25) is 0 Å². The molecule has 8 heteroatoms. The standard InChI is InChI=1S/C15H13N3O4S/c1-3-20-15(19)12-8(2)21-14(18)9(6-16)13(12)10-4-5-11(22-10)23-7-17/h4-5,13H,3,18H2,1-2H3/t13-/m1/s1. The minimum Gasteiger partial charge on any atom is -0.463 e. The number of ether oxygens (including phenoxy) is 2. The van der Waals surface area contributed by atoms with Crippen molar-refractivity contribution in [2.24, 2.45) is 5.73 Å². The number of thiocyanates is 1. The summed E-state index contributed by atoms with van der Waals surface area (Å²) in [5, 5.41) is 20.3. The van der Waals surface area contributed by atoms with E-state index in [1.807, 2.05) is 11.5 Å². The van der Waals surface area contributed by atoms with E-state index < -0.39 is 11.9 Å². The van der Waals surface area contributed by atoms with Crippen molar-refractivity contribution in [1.82, 2.24) is 0 Å². The van der Waals surface area contributed by atoms with Gasteiger partial charge in [-0.25, -0.2) is 4.79 Å². The number of hydrogen-bond donors (Lipinski definition) is 1. The zero-order chi connectivity index (χ0) is 17.0. The minimum atomic E-state index is -0.833. The molecule has 0 fully saturated rings. The Labute approximate surface area is 136 Å². The average Bonchev–Trinajstić information content (AvgIpc) is 2.95. The highest BCUT2D eigenvalue weighted by atomic mass is 32.2. The van der Waals surface area contributed by atoms with Crippen LogP contribution in [0.1, 0.15) is 25.5 Å². The van der Waals surface area contributed by atoms with Crippen molar-refractivity contribution in [2.45, 2.75) is 24.9 Å². The number of carbonyl (C=O) groups excluding carboxylic acids is 1. The fraction of sp³-hybridized carbons (Fsp3) is 0.267. The van der Waals surface area contributed by atoms with E-state index in [0.29, 0.717) is 10.9 Å². The number of nitriles is 2. The smallest absolute Gasteiger partial charge is 0.338 e. The highest BCUT2D eigenvalue weighted by Crippen LogP contribution is 2.41. The number of nitrogens with zero attached hydrogens (tertiary/aromatic N) is 2. The molecule has 1 atom stereocenters. The molecule has 23 heavy (non-hydrogen) atoms. The first-order valence-electron chi connectivity index (χ1n) is 6.64. The largest absolute Gasteiger partial charge is 0.463 e. The predicted octanol–water partition coefficient (Wildman–Crippen LogP) is 2.50. The summed E-state index contributed by atoms with van der Waals surface area (Å²) in [6.07, 6.45) is 0. The van der Waals surface area contributed by atoms with E-state index >= 15 is 0 Å². The summed E-state index contributed by atoms with van der Waals surface area (Å²) in [6.45, 7) is 3.42. The number of furan rings is 1. The van der Waals surface area contributed by atoms with Crippen LogP contribution in [0.3, 0.4) is 0 Å². The Morgan fingerprint density at radius 3 is 2.83 bits per heavy atom. The van der Waals surface area contributed by atoms with Gasteiger partial charge in [-0.1, -0.05) is 0 Å². The Kier molecular flexibility index (Phi) is 4.99. The molecule has 2 heterocycles. The first-order valence-corrected chi connectivity index (χ1v) is 7.46. The number of esters is 1. The maximum Gasteiger partial charge on any atom is 0.338 e. The summed E-state index contributed by atoms with van der Waals surface area (Å²) in [4.78, 5) is 12.3. The molecule has 1 aliphatic heterocycles. The van der Waals surface area contributed by atoms with Crippen molar-refractivity contribution in [3.05, 3.63) is 40.7 Å². The van der Waals surface area contributed by atoms with Gasteiger partial charge in [0, 0.05) is 11.8 Å². The molecule has 118 valence electrons. The van der Waals surface area contributed by atoms with Gasteiger partial charge in [-0.15, -0.1) is 0 Å². The van der Waals surface area contributed by atoms with Crippen molar-refractivity contribution in [2.75, 3.05) is 6.61 Å². The van der Waals surface area contributed by atoms with Gasteiger partial charge in [-0.05, 0) is 26.0 Å². The number of carbonyl (C=O) groups is 1. The number of hydrogen-bond acceptors (Lipinski definition) is 8. The highest BCUT2D eigenvalue weighted by Gasteiger charge is 2.38. The molecule has 0 spiro atoms. The molecule has 0 saturated heterocycles. The predicted molar refractivity (Wildman–Crippen MR) is 80.2 cm³/mol. The van der Waals surface area contributed by atoms with Crippen LogP contribution in [-0.4, -0.2) is 12.6 Å². The van der Waals surface area contributed by atoms with Crippen LogP contribution in [0.25, 0.3) is 0 Å². The van der Waals surface area contributed by atoms with Gasteiger partial charge in [0.1, 0.15) is 28.6 Å². The van der Waals surface area contributed by atoms with Crippen molar-refractivity contribution in [1.29, 1.82) is 10.5 Å². The minimum absolute atomic E-state index is 0.0570. The Hall–Kier alpha value is -2.84. The summed E-state index contributed by atoms with van der Waals surface area (Å²) in [7, 11) is 0. The second-order valence-electron chi connectivity index (χ2n) is 4.47. The molecule has 2 N–H and O–H groups in total. The van der Waals surface area contributed by atoms with Gasteiger partial charge in [-0.2, -0.15) is 10.5 Å². The van der Waals surface area contributed by atoms with Crippen molar-refractivity contribution < 1.29 is 18.7 Å².